The van der Waals surface area contributed by atoms with Crippen LogP contribution in [0, 0.1) is 0 Å². The van der Waals surface area contributed by atoms with E-state index in [9.17, 15) is 0 Å². The Kier molecular flexibility index (Phi) is 21.2. The van der Waals surface area contributed by atoms with E-state index >= 15 is 0 Å². The van der Waals surface area contributed by atoms with Crippen LogP contribution in [-0.4, -0.2) is 47.8 Å². The number of rotatable bonds is 20. The number of ether oxygens (including phenoxy) is 1. The van der Waals surface area contributed by atoms with Crippen LogP contribution in [0.1, 0.15) is 123 Å². The Hall–Kier alpha value is 0.427. The predicted octanol–water partition coefficient (Wildman–Crippen LogP) is 3.40. The van der Waals surface area contributed by atoms with Crippen LogP contribution in [0.15, 0.2) is 0 Å². The minimum atomic E-state index is 0. The maximum Gasteiger partial charge on any atom is 0.168 e. The number of unbranched alkanes of at least 4 members (excludes halogenated alkanes) is 14. The van der Waals surface area contributed by atoms with Gasteiger partial charge in [0.2, 0.25) is 0 Å². The minimum absolute atomic E-state index is 0. The molecule has 4 heteroatoms. The first-order valence-corrected chi connectivity index (χ1v) is 13.3. The van der Waals surface area contributed by atoms with Crippen molar-refractivity contribution in [3.8, 4) is 0 Å². The molecule has 0 aliphatic rings. The van der Waals surface area contributed by atoms with E-state index in [0.29, 0.717) is 0 Å². The molecule has 0 aromatic heterocycles. The molecule has 0 saturated heterocycles. The van der Waals surface area contributed by atoms with Crippen LogP contribution >= 0.6 is 0 Å². The van der Waals surface area contributed by atoms with Gasteiger partial charge in [-0.1, -0.05) is 104 Å². The predicted molar refractivity (Wildman–Crippen MR) is 126 cm³/mol. The molecule has 172 valence electrons. The van der Waals surface area contributed by atoms with Crippen LogP contribution in [0.3, 0.4) is 0 Å². The molecule has 0 aromatic carbocycles. The van der Waals surface area contributed by atoms with Crippen LogP contribution < -0.4 is 12.4 Å². The van der Waals surface area contributed by atoms with Crippen molar-refractivity contribution in [3.05, 3.63) is 0 Å². The first kappa shape index (κ1) is 30.6. The maximum atomic E-state index is 6.01. The molecule has 0 radical (unpaired) electrons. The number of hydrogen-bond donors (Lipinski definition) is 0. The fourth-order valence-corrected chi connectivity index (χ4v) is 4.85. The number of quaternary nitrogens is 1. The average Bonchev–Trinajstić information content (AvgIpc) is 2.64. The van der Waals surface area contributed by atoms with Gasteiger partial charge >= 0.3 is 0 Å². The van der Waals surface area contributed by atoms with Crippen molar-refractivity contribution in [1.82, 2.24) is 0 Å². The summed E-state index contributed by atoms with van der Waals surface area (Å²) in [6.45, 7) is 5.80. The molecule has 0 N–H and O–H groups in total. The van der Waals surface area contributed by atoms with Crippen molar-refractivity contribution < 1.29 is 21.6 Å². The molecule has 0 fully saturated rings. The molecule has 2 nitrogen and oxygen atoms in total. The molecule has 0 aromatic rings. The first-order valence-electron chi connectivity index (χ1n) is 12.3. The van der Waals surface area contributed by atoms with E-state index in [4.69, 9.17) is 4.74 Å². The van der Waals surface area contributed by atoms with E-state index in [-0.39, 0.29) is 17.8 Å². The summed E-state index contributed by atoms with van der Waals surface area (Å²) in [6, 6.07) is 0. The number of methoxy groups -OCH3 is 1. The van der Waals surface area contributed by atoms with Gasteiger partial charge in [0.15, 0.2) is 5.35 Å². The fraction of sp³-hybridized carbons (Fsp3) is 1.00. The maximum absolute atomic E-state index is 6.01. The van der Waals surface area contributed by atoms with E-state index in [1.54, 1.807) is 0 Å². The molecule has 0 spiro atoms. The van der Waals surface area contributed by atoms with Crippen LogP contribution in [0.4, 0.5) is 0 Å². The van der Waals surface area contributed by atoms with Crippen molar-refractivity contribution >= 4 is 10.2 Å². The third kappa shape index (κ3) is 14.4. The van der Waals surface area contributed by atoms with Crippen molar-refractivity contribution in [1.29, 1.82) is 0 Å². The molecule has 28 heavy (non-hydrogen) atoms. The second-order valence-corrected chi connectivity index (χ2v) is 11.1. The molecule has 0 heterocycles. The van der Waals surface area contributed by atoms with Gasteiger partial charge in [-0.3, -0.25) is 0 Å². The number of nitrogens with zero attached hydrogens (tertiary/aromatic N) is 1. The van der Waals surface area contributed by atoms with Crippen molar-refractivity contribution in [2.24, 2.45) is 0 Å². The highest BCUT2D eigenvalue weighted by Crippen LogP contribution is 2.26. The Balaban J connectivity index is 0. The zero-order chi connectivity index (χ0) is 20.4. The van der Waals surface area contributed by atoms with Gasteiger partial charge < -0.3 is 21.6 Å². The summed E-state index contributed by atoms with van der Waals surface area (Å²) >= 11 is 0. The molecule has 1 unspecified atom stereocenters. The molecule has 0 aliphatic heterocycles. The Bertz CT molecular complexity index is 328. The zero-order valence-electron chi connectivity index (χ0n) is 20.5. The van der Waals surface area contributed by atoms with E-state index in [2.05, 4.69) is 27.9 Å². The van der Waals surface area contributed by atoms with E-state index in [1.165, 1.54) is 116 Å². The van der Waals surface area contributed by atoms with Crippen LogP contribution in [0.25, 0.3) is 0 Å². The summed E-state index contributed by atoms with van der Waals surface area (Å²) in [5, 5.41) is 0.104. The van der Waals surface area contributed by atoms with E-state index in [0.717, 1.165) is 14.7 Å². The third-order valence-electron chi connectivity index (χ3n) is 6.75. The lowest BCUT2D eigenvalue weighted by Gasteiger charge is -2.46. The standard InChI is InChI=1S/C24H54NOSi.ClH/c1-6-8-9-10-11-12-13-14-15-16-17-18-19-20-21-22-24(27,26-5)25(3,4)23-7-2;/h6-23H2,1-5,27H3;1H/q+1;/p-1. The molecule has 1 atom stereocenters. The summed E-state index contributed by atoms with van der Waals surface area (Å²) < 4.78 is 7.04. The van der Waals surface area contributed by atoms with Gasteiger partial charge in [-0.2, -0.15) is 0 Å². The van der Waals surface area contributed by atoms with Crippen molar-refractivity contribution in [3.63, 3.8) is 0 Å². The summed E-state index contributed by atoms with van der Waals surface area (Å²) in [7, 11) is 7.74. The Morgan fingerprint density at radius 3 is 1.32 bits per heavy atom. The highest BCUT2D eigenvalue weighted by molar-refractivity contribution is 6.13. The second kappa shape index (κ2) is 19.4. The molecule has 0 saturated carbocycles. The van der Waals surface area contributed by atoms with Crippen LogP contribution in [0.5, 0.6) is 0 Å². The fourth-order valence-electron chi connectivity index (χ4n) is 4.27. The third-order valence-corrected chi connectivity index (χ3v) is 8.87. The van der Waals surface area contributed by atoms with Crippen molar-refractivity contribution in [2.75, 3.05) is 27.7 Å². The molecule has 0 amide bonds. The lowest BCUT2D eigenvalue weighted by atomic mass is 10.0. The monoisotopic (exact) mass is 435 g/mol. The summed E-state index contributed by atoms with van der Waals surface area (Å²) in [5.74, 6) is 0. The molecule has 0 aliphatic carbocycles. The zero-order valence-corrected chi connectivity index (χ0v) is 23.2. The molecular formula is C24H54ClNOSi. The van der Waals surface area contributed by atoms with Crippen LogP contribution in [-0.2, 0) is 4.74 Å². The van der Waals surface area contributed by atoms with Gasteiger partial charge in [-0.25, -0.2) is 0 Å². The van der Waals surface area contributed by atoms with Gasteiger partial charge in [0.05, 0.1) is 20.6 Å². The lowest BCUT2D eigenvalue weighted by Crippen LogP contribution is -3.00. The Labute approximate surface area is 188 Å². The Morgan fingerprint density at radius 2 is 1.00 bits per heavy atom. The van der Waals surface area contributed by atoms with Crippen LogP contribution in [0.2, 0.25) is 0 Å². The highest BCUT2D eigenvalue weighted by Gasteiger charge is 2.39. The lowest BCUT2D eigenvalue weighted by molar-refractivity contribution is -0.951. The quantitative estimate of drug-likeness (QED) is 0.123. The van der Waals surface area contributed by atoms with Gasteiger partial charge in [0, 0.05) is 13.5 Å². The Morgan fingerprint density at radius 1 is 0.643 bits per heavy atom. The van der Waals surface area contributed by atoms with E-state index < -0.39 is 0 Å². The second-order valence-electron chi connectivity index (χ2n) is 9.49. The first-order chi connectivity index (χ1) is 12.9. The van der Waals surface area contributed by atoms with Gasteiger partial charge in [0.1, 0.15) is 10.2 Å². The van der Waals surface area contributed by atoms with Crippen molar-refractivity contribution in [2.45, 2.75) is 128 Å². The average molecular weight is 436 g/mol. The SMILES string of the molecule is CCCCCCCCCCCCCCCCCC([SiH3])(OC)[N+](C)(C)CCC.[Cl-]. The number of halogens is 1. The summed E-state index contributed by atoms with van der Waals surface area (Å²) in [5.41, 5.74) is 0. The largest absolute Gasteiger partial charge is 1.00 e. The van der Waals surface area contributed by atoms with E-state index in [1.807, 2.05) is 7.11 Å². The summed E-state index contributed by atoms with van der Waals surface area (Å²) in [6.07, 6.45) is 24.0. The number of hydrogen-bond acceptors (Lipinski definition) is 1. The normalized spacial score (nSPS) is 14.0. The smallest absolute Gasteiger partial charge is 0.168 e. The van der Waals surface area contributed by atoms with Gasteiger partial charge in [0.25, 0.3) is 0 Å². The van der Waals surface area contributed by atoms with Gasteiger partial charge in [-0.05, 0) is 12.8 Å². The molecule has 0 rings (SSSR count). The molecular weight excluding hydrogens is 382 g/mol. The highest BCUT2D eigenvalue weighted by atomic mass is 35.5. The minimum Gasteiger partial charge on any atom is -1.00 e. The molecule has 0 bridgehead atoms. The summed E-state index contributed by atoms with van der Waals surface area (Å²) in [4.78, 5) is 0. The van der Waals surface area contributed by atoms with Gasteiger partial charge in [-0.15, -0.1) is 0 Å². The topological polar surface area (TPSA) is 9.23 Å².